The summed E-state index contributed by atoms with van der Waals surface area (Å²) in [6.07, 6.45) is 0.901. The third kappa shape index (κ3) is 4.07. The van der Waals surface area contributed by atoms with Gasteiger partial charge in [-0.3, -0.25) is 9.48 Å². The van der Waals surface area contributed by atoms with Crippen molar-refractivity contribution in [2.75, 3.05) is 18.1 Å². The van der Waals surface area contributed by atoms with Gasteiger partial charge in [-0.1, -0.05) is 18.2 Å². The monoisotopic (exact) mass is 365 g/mol. The van der Waals surface area contributed by atoms with Crippen molar-refractivity contribution in [2.24, 2.45) is 0 Å². The van der Waals surface area contributed by atoms with Gasteiger partial charge in [-0.15, -0.1) is 0 Å². The van der Waals surface area contributed by atoms with E-state index in [1.165, 1.54) is 6.07 Å². The molecule has 1 aliphatic rings. The molecule has 0 saturated carbocycles. The number of halogens is 1. The summed E-state index contributed by atoms with van der Waals surface area (Å²) in [6.45, 7) is 2.09. The van der Waals surface area contributed by atoms with Crippen LogP contribution in [0, 0.1) is 12.7 Å². The number of nitrogens with zero attached hydrogens (tertiary/aromatic N) is 2. The van der Waals surface area contributed by atoms with E-state index in [1.54, 1.807) is 35.9 Å². The summed E-state index contributed by atoms with van der Waals surface area (Å²) in [7, 11) is -3.02. The van der Waals surface area contributed by atoms with E-state index in [0.29, 0.717) is 24.9 Å². The zero-order valence-corrected chi connectivity index (χ0v) is 14.7. The van der Waals surface area contributed by atoms with E-state index in [-0.39, 0.29) is 35.0 Å². The number of sulfone groups is 1. The standard InChI is InChI=1S/C17H20FN3O3S/c1-12-10-16(20-21(12)14-7-9-25(23,24)11-14)17(22)19-8-6-13-4-2-3-5-15(13)18/h2-5,10,14H,6-9,11H2,1H3,(H,19,22). The maximum atomic E-state index is 13.6. The molecule has 1 aromatic heterocycles. The Hall–Kier alpha value is -2.22. The first-order valence-electron chi connectivity index (χ1n) is 8.14. The molecule has 25 heavy (non-hydrogen) atoms. The van der Waals surface area contributed by atoms with Crippen molar-refractivity contribution in [3.05, 3.63) is 53.1 Å². The Bertz CT molecular complexity index is 892. The maximum absolute atomic E-state index is 13.6. The number of carbonyl (C=O) groups is 1. The van der Waals surface area contributed by atoms with Crippen molar-refractivity contribution in [1.29, 1.82) is 0 Å². The largest absolute Gasteiger partial charge is 0.350 e. The summed E-state index contributed by atoms with van der Waals surface area (Å²) in [6, 6.07) is 7.86. The van der Waals surface area contributed by atoms with Crippen LogP contribution < -0.4 is 5.32 Å². The van der Waals surface area contributed by atoms with Gasteiger partial charge in [-0.2, -0.15) is 5.10 Å². The van der Waals surface area contributed by atoms with Crippen LogP contribution in [0.15, 0.2) is 30.3 Å². The zero-order chi connectivity index (χ0) is 18.0. The number of hydrogen-bond donors (Lipinski definition) is 1. The van der Waals surface area contributed by atoms with Crippen LogP contribution >= 0.6 is 0 Å². The van der Waals surface area contributed by atoms with Gasteiger partial charge in [-0.05, 0) is 37.5 Å². The molecule has 134 valence electrons. The molecule has 6 nitrogen and oxygen atoms in total. The van der Waals surface area contributed by atoms with Crippen molar-refractivity contribution in [3.8, 4) is 0 Å². The number of aromatic nitrogens is 2. The molecular weight excluding hydrogens is 345 g/mol. The molecule has 3 rings (SSSR count). The smallest absolute Gasteiger partial charge is 0.271 e. The average molecular weight is 365 g/mol. The number of hydrogen-bond acceptors (Lipinski definition) is 4. The van der Waals surface area contributed by atoms with Gasteiger partial charge < -0.3 is 5.32 Å². The molecule has 1 saturated heterocycles. The highest BCUT2D eigenvalue weighted by atomic mass is 32.2. The van der Waals surface area contributed by atoms with E-state index < -0.39 is 9.84 Å². The molecule has 1 aliphatic heterocycles. The van der Waals surface area contributed by atoms with Crippen molar-refractivity contribution in [2.45, 2.75) is 25.8 Å². The van der Waals surface area contributed by atoms with E-state index in [9.17, 15) is 17.6 Å². The van der Waals surface area contributed by atoms with Crippen LogP contribution in [-0.4, -0.2) is 42.2 Å². The molecule has 2 heterocycles. The summed E-state index contributed by atoms with van der Waals surface area (Å²) in [5.41, 5.74) is 1.54. The number of carbonyl (C=O) groups excluding carboxylic acids is 1. The summed E-state index contributed by atoms with van der Waals surface area (Å²) >= 11 is 0. The SMILES string of the molecule is Cc1cc(C(=O)NCCc2ccccc2F)nn1C1CCS(=O)(=O)C1. The second-order valence-corrected chi connectivity index (χ2v) is 8.50. The lowest BCUT2D eigenvalue weighted by Crippen LogP contribution is -2.26. The van der Waals surface area contributed by atoms with Crippen LogP contribution in [0.2, 0.25) is 0 Å². The van der Waals surface area contributed by atoms with Gasteiger partial charge in [-0.25, -0.2) is 12.8 Å². The predicted octanol–water partition coefficient (Wildman–Crippen LogP) is 1.66. The number of amides is 1. The van der Waals surface area contributed by atoms with Crippen LogP contribution in [-0.2, 0) is 16.3 Å². The number of nitrogens with one attached hydrogen (secondary N) is 1. The van der Waals surface area contributed by atoms with Crippen LogP contribution in [0.5, 0.6) is 0 Å². The molecule has 8 heteroatoms. The van der Waals surface area contributed by atoms with E-state index in [0.717, 1.165) is 5.69 Å². The highest BCUT2D eigenvalue weighted by molar-refractivity contribution is 7.91. The molecule has 0 radical (unpaired) electrons. The highest BCUT2D eigenvalue weighted by Crippen LogP contribution is 2.24. The van der Waals surface area contributed by atoms with Crippen molar-refractivity contribution in [1.82, 2.24) is 15.1 Å². The van der Waals surface area contributed by atoms with E-state index in [1.807, 2.05) is 0 Å². The van der Waals surface area contributed by atoms with Crippen LogP contribution in [0.1, 0.15) is 34.2 Å². The first kappa shape index (κ1) is 17.6. The fourth-order valence-corrected chi connectivity index (χ4v) is 4.73. The molecule has 0 aliphatic carbocycles. The number of rotatable bonds is 5. The Morgan fingerprint density at radius 1 is 1.40 bits per heavy atom. The summed E-state index contributed by atoms with van der Waals surface area (Å²) in [5.74, 6) is -0.427. The average Bonchev–Trinajstić information content (AvgIpc) is 3.11. The molecule has 1 atom stereocenters. The van der Waals surface area contributed by atoms with Gasteiger partial charge in [0.1, 0.15) is 11.5 Å². The number of benzene rings is 1. The van der Waals surface area contributed by atoms with Crippen molar-refractivity contribution in [3.63, 3.8) is 0 Å². The molecule has 1 amide bonds. The van der Waals surface area contributed by atoms with Gasteiger partial charge in [0.05, 0.1) is 17.5 Å². The Morgan fingerprint density at radius 2 is 2.16 bits per heavy atom. The topological polar surface area (TPSA) is 81.1 Å². The molecule has 0 bridgehead atoms. The van der Waals surface area contributed by atoms with Crippen LogP contribution in [0.4, 0.5) is 4.39 Å². The molecule has 1 unspecified atom stereocenters. The zero-order valence-electron chi connectivity index (χ0n) is 13.9. The Balaban J connectivity index is 1.61. The van der Waals surface area contributed by atoms with E-state index >= 15 is 0 Å². The third-order valence-corrected chi connectivity index (χ3v) is 6.10. The lowest BCUT2D eigenvalue weighted by atomic mass is 10.1. The van der Waals surface area contributed by atoms with Gasteiger partial charge in [0.2, 0.25) is 0 Å². The summed E-state index contributed by atoms with van der Waals surface area (Å²) in [4.78, 5) is 12.2. The van der Waals surface area contributed by atoms with Gasteiger partial charge in [0.15, 0.2) is 9.84 Å². The lowest BCUT2D eigenvalue weighted by Gasteiger charge is -2.10. The minimum absolute atomic E-state index is 0.0594. The molecule has 1 fully saturated rings. The van der Waals surface area contributed by atoms with Crippen molar-refractivity contribution < 1.29 is 17.6 Å². The summed E-state index contributed by atoms with van der Waals surface area (Å²) < 4.78 is 38.4. The molecule has 1 aromatic carbocycles. The van der Waals surface area contributed by atoms with Crippen LogP contribution in [0.25, 0.3) is 0 Å². The van der Waals surface area contributed by atoms with Gasteiger partial charge in [0, 0.05) is 12.2 Å². The first-order chi connectivity index (χ1) is 11.9. The molecular formula is C17H20FN3O3S. The Labute approximate surface area is 146 Å². The fourth-order valence-electron chi connectivity index (χ4n) is 3.04. The molecule has 2 aromatic rings. The predicted molar refractivity (Wildman–Crippen MR) is 91.7 cm³/mol. The van der Waals surface area contributed by atoms with E-state index in [2.05, 4.69) is 10.4 Å². The quantitative estimate of drug-likeness (QED) is 0.874. The number of aryl methyl sites for hydroxylation is 1. The minimum atomic E-state index is -3.02. The summed E-state index contributed by atoms with van der Waals surface area (Å²) in [5, 5.41) is 6.99. The van der Waals surface area contributed by atoms with Crippen molar-refractivity contribution >= 4 is 15.7 Å². The Morgan fingerprint density at radius 3 is 2.84 bits per heavy atom. The first-order valence-corrected chi connectivity index (χ1v) is 9.96. The third-order valence-electron chi connectivity index (χ3n) is 4.35. The second kappa shape index (κ2) is 6.95. The normalized spacial score (nSPS) is 19.0. The van der Waals surface area contributed by atoms with Gasteiger partial charge >= 0.3 is 0 Å². The van der Waals surface area contributed by atoms with E-state index in [4.69, 9.17) is 0 Å². The van der Waals surface area contributed by atoms with Gasteiger partial charge in [0.25, 0.3) is 5.91 Å². The molecule has 0 spiro atoms. The lowest BCUT2D eigenvalue weighted by molar-refractivity contribution is 0.0948. The maximum Gasteiger partial charge on any atom is 0.271 e. The Kier molecular flexibility index (Phi) is 4.89. The van der Waals surface area contributed by atoms with Crippen LogP contribution in [0.3, 0.4) is 0 Å². The minimum Gasteiger partial charge on any atom is -0.350 e. The fraction of sp³-hybridized carbons (Fsp3) is 0.412. The second-order valence-electron chi connectivity index (χ2n) is 6.27. The highest BCUT2D eigenvalue weighted by Gasteiger charge is 2.31. The molecule has 1 N–H and O–H groups in total.